The molecule has 1 atom stereocenters. The fourth-order valence-electron chi connectivity index (χ4n) is 2.34. The third-order valence-electron chi connectivity index (χ3n) is 3.49. The Balaban J connectivity index is 0.000000922. The molecular formula is C15H30BF4N3O. The van der Waals surface area contributed by atoms with E-state index >= 15 is 0 Å². The van der Waals surface area contributed by atoms with Gasteiger partial charge in [0.25, 0.3) is 5.82 Å². The summed E-state index contributed by atoms with van der Waals surface area (Å²) in [5.41, 5.74) is 0. The van der Waals surface area contributed by atoms with Crippen molar-refractivity contribution in [1.29, 1.82) is 0 Å². The Kier molecular flexibility index (Phi) is 10.9. The van der Waals surface area contributed by atoms with Crippen LogP contribution in [-0.2, 0) is 20.1 Å². The molecule has 0 amide bonds. The lowest BCUT2D eigenvalue weighted by Crippen LogP contribution is -2.40. The van der Waals surface area contributed by atoms with Crippen LogP contribution in [-0.4, -0.2) is 29.6 Å². The van der Waals surface area contributed by atoms with Crippen LogP contribution in [0.1, 0.15) is 45.9 Å². The van der Waals surface area contributed by atoms with Crippen molar-refractivity contribution in [2.75, 3.05) is 6.61 Å². The smallest absolute Gasteiger partial charge is 0.418 e. The van der Waals surface area contributed by atoms with Gasteiger partial charge in [0.15, 0.2) is 0 Å². The van der Waals surface area contributed by atoms with Gasteiger partial charge in [-0.05, 0) is 18.8 Å². The SMILES string of the molecule is CCCCn1cc[n+](C)c1CN[C@@H](CO)CC(C)C.F[B-](F)(F)F. The van der Waals surface area contributed by atoms with E-state index in [1.807, 2.05) is 0 Å². The van der Waals surface area contributed by atoms with Gasteiger partial charge in [-0.1, -0.05) is 27.2 Å². The number of hydrogen-bond acceptors (Lipinski definition) is 2. The van der Waals surface area contributed by atoms with Crippen molar-refractivity contribution in [3.05, 3.63) is 18.2 Å². The number of hydrogen-bond donors (Lipinski definition) is 2. The fourth-order valence-corrected chi connectivity index (χ4v) is 2.34. The summed E-state index contributed by atoms with van der Waals surface area (Å²) < 4.78 is 43.5. The molecule has 9 heteroatoms. The van der Waals surface area contributed by atoms with E-state index in [4.69, 9.17) is 0 Å². The second-order valence-electron chi connectivity index (χ2n) is 6.26. The number of aliphatic hydroxyl groups excluding tert-OH is 1. The van der Waals surface area contributed by atoms with Crippen molar-refractivity contribution in [1.82, 2.24) is 9.88 Å². The van der Waals surface area contributed by atoms with Gasteiger partial charge in [-0.15, -0.1) is 0 Å². The molecule has 0 unspecified atom stereocenters. The van der Waals surface area contributed by atoms with E-state index in [2.05, 4.69) is 54.7 Å². The van der Waals surface area contributed by atoms with Crippen molar-refractivity contribution in [2.24, 2.45) is 13.0 Å². The molecule has 0 aliphatic heterocycles. The topological polar surface area (TPSA) is 41.1 Å². The summed E-state index contributed by atoms with van der Waals surface area (Å²) in [6.07, 6.45) is 7.67. The predicted octanol–water partition coefficient (Wildman–Crippen LogP) is 2.91. The number of imidazole rings is 1. The van der Waals surface area contributed by atoms with Crippen molar-refractivity contribution in [2.45, 2.75) is 59.2 Å². The molecule has 1 aromatic heterocycles. The molecule has 0 fully saturated rings. The molecule has 4 nitrogen and oxygen atoms in total. The molecule has 0 aliphatic carbocycles. The number of unbranched alkanes of at least 4 members (excludes halogenated alkanes) is 1. The lowest BCUT2D eigenvalue weighted by Gasteiger charge is -2.17. The number of aliphatic hydroxyl groups is 1. The first kappa shape index (κ1) is 22.9. The van der Waals surface area contributed by atoms with Crippen LogP contribution in [0, 0.1) is 5.92 Å². The molecule has 0 radical (unpaired) electrons. The second-order valence-corrected chi connectivity index (χ2v) is 6.26. The summed E-state index contributed by atoms with van der Waals surface area (Å²) in [4.78, 5) is 0. The van der Waals surface area contributed by atoms with Crippen LogP contribution >= 0.6 is 0 Å². The van der Waals surface area contributed by atoms with Gasteiger partial charge in [0.1, 0.15) is 12.4 Å². The number of rotatable bonds is 9. The van der Waals surface area contributed by atoms with Gasteiger partial charge >= 0.3 is 7.25 Å². The average molecular weight is 355 g/mol. The van der Waals surface area contributed by atoms with E-state index in [1.165, 1.54) is 18.7 Å². The highest BCUT2D eigenvalue weighted by Gasteiger charge is 2.20. The normalized spacial score (nSPS) is 12.9. The molecule has 0 spiro atoms. The first-order valence-electron chi connectivity index (χ1n) is 8.33. The van der Waals surface area contributed by atoms with Crippen molar-refractivity contribution in [3.63, 3.8) is 0 Å². The highest BCUT2D eigenvalue weighted by molar-refractivity contribution is 6.50. The molecule has 24 heavy (non-hydrogen) atoms. The molecular weight excluding hydrogens is 325 g/mol. The molecule has 0 saturated carbocycles. The summed E-state index contributed by atoms with van der Waals surface area (Å²) in [7, 11) is -3.92. The number of nitrogens with zero attached hydrogens (tertiary/aromatic N) is 2. The molecule has 0 saturated heterocycles. The van der Waals surface area contributed by atoms with Crippen LogP contribution in [0.5, 0.6) is 0 Å². The lowest BCUT2D eigenvalue weighted by molar-refractivity contribution is -0.679. The third kappa shape index (κ3) is 11.5. The molecule has 1 aromatic rings. The van der Waals surface area contributed by atoms with Crippen LogP contribution in [0.25, 0.3) is 0 Å². The van der Waals surface area contributed by atoms with Crippen LogP contribution < -0.4 is 9.88 Å². The van der Waals surface area contributed by atoms with Gasteiger partial charge < -0.3 is 27.7 Å². The van der Waals surface area contributed by atoms with Crippen LogP contribution in [0.2, 0.25) is 0 Å². The fraction of sp³-hybridized carbons (Fsp3) is 0.800. The summed E-state index contributed by atoms with van der Waals surface area (Å²) >= 11 is 0. The monoisotopic (exact) mass is 355 g/mol. The maximum Gasteiger partial charge on any atom is 0.673 e. The van der Waals surface area contributed by atoms with E-state index in [1.54, 1.807) is 0 Å². The molecule has 0 aromatic carbocycles. The third-order valence-corrected chi connectivity index (χ3v) is 3.49. The summed E-state index contributed by atoms with van der Waals surface area (Å²) in [6.45, 7) is 8.68. The Hall–Kier alpha value is -1.09. The Bertz CT molecular complexity index is 446. The standard InChI is InChI=1S/C15H30N3O.BF4/c1-5-6-7-18-9-8-17(4)15(18)11-16-14(12-19)10-13(2)3;2-1(3,4)5/h8-9,13-14,16,19H,5-7,10-12H2,1-4H3;/q+1;-1/t14-;/m1./s1. The van der Waals surface area contributed by atoms with Gasteiger partial charge in [-0.3, -0.25) is 0 Å². The minimum atomic E-state index is -6.00. The van der Waals surface area contributed by atoms with E-state index in [0.29, 0.717) is 5.92 Å². The Morgan fingerprint density at radius 1 is 1.29 bits per heavy atom. The summed E-state index contributed by atoms with van der Waals surface area (Å²) in [6, 6.07) is 0.189. The van der Waals surface area contributed by atoms with Gasteiger partial charge in [-0.25, -0.2) is 9.13 Å². The zero-order chi connectivity index (χ0) is 18.8. The molecule has 1 heterocycles. The van der Waals surface area contributed by atoms with E-state index in [0.717, 1.165) is 19.5 Å². The first-order valence-corrected chi connectivity index (χ1v) is 8.33. The zero-order valence-corrected chi connectivity index (χ0v) is 15.0. The minimum Gasteiger partial charge on any atom is -0.418 e. The van der Waals surface area contributed by atoms with E-state index in [-0.39, 0.29) is 12.6 Å². The van der Waals surface area contributed by atoms with E-state index in [9.17, 15) is 22.4 Å². The Morgan fingerprint density at radius 2 is 1.88 bits per heavy atom. The predicted molar refractivity (Wildman–Crippen MR) is 87.9 cm³/mol. The van der Waals surface area contributed by atoms with Gasteiger partial charge in [-0.2, -0.15) is 0 Å². The van der Waals surface area contributed by atoms with E-state index < -0.39 is 7.25 Å². The van der Waals surface area contributed by atoms with Crippen LogP contribution in [0.4, 0.5) is 17.3 Å². The Morgan fingerprint density at radius 3 is 2.33 bits per heavy atom. The van der Waals surface area contributed by atoms with Crippen molar-refractivity contribution < 1.29 is 26.9 Å². The van der Waals surface area contributed by atoms with Crippen LogP contribution in [0.3, 0.4) is 0 Å². The molecule has 0 aliphatic rings. The second kappa shape index (κ2) is 11.5. The van der Waals surface area contributed by atoms with Gasteiger partial charge in [0, 0.05) is 6.04 Å². The molecule has 2 N–H and O–H groups in total. The highest BCUT2D eigenvalue weighted by atomic mass is 19.5. The highest BCUT2D eigenvalue weighted by Crippen LogP contribution is 2.07. The minimum absolute atomic E-state index is 0.189. The molecule has 142 valence electrons. The molecule has 0 bridgehead atoms. The average Bonchev–Trinajstić information content (AvgIpc) is 2.79. The number of halogens is 4. The maximum atomic E-state index is 9.75. The summed E-state index contributed by atoms with van der Waals surface area (Å²) in [5, 5.41) is 12.9. The largest absolute Gasteiger partial charge is 0.673 e. The van der Waals surface area contributed by atoms with Gasteiger partial charge in [0.05, 0.1) is 26.7 Å². The number of aryl methyl sites for hydroxylation is 2. The van der Waals surface area contributed by atoms with Crippen molar-refractivity contribution in [3.8, 4) is 0 Å². The number of nitrogens with one attached hydrogen (secondary N) is 1. The van der Waals surface area contributed by atoms with Gasteiger partial charge in [0.2, 0.25) is 0 Å². The quantitative estimate of drug-likeness (QED) is 0.406. The maximum absolute atomic E-state index is 9.75. The first-order chi connectivity index (χ1) is 11.1. The zero-order valence-electron chi connectivity index (χ0n) is 15.0. The number of aromatic nitrogens is 2. The Labute approximate surface area is 142 Å². The lowest BCUT2D eigenvalue weighted by atomic mass is 10.0. The molecule has 1 rings (SSSR count). The van der Waals surface area contributed by atoms with Crippen LogP contribution in [0.15, 0.2) is 12.4 Å². The summed E-state index contributed by atoms with van der Waals surface area (Å²) in [5.74, 6) is 1.88. The van der Waals surface area contributed by atoms with Crippen molar-refractivity contribution >= 4 is 7.25 Å².